The lowest BCUT2D eigenvalue weighted by atomic mass is 9.80. The van der Waals surface area contributed by atoms with Crippen LogP contribution in [0.1, 0.15) is 18.7 Å². The Morgan fingerprint density at radius 3 is 2.81 bits per heavy atom. The number of benzene rings is 1. The lowest BCUT2D eigenvalue weighted by molar-refractivity contribution is -0.0323. The predicted molar refractivity (Wildman–Crippen MR) is 94.9 cm³/mol. The summed E-state index contributed by atoms with van der Waals surface area (Å²) in [6, 6.07) is 7.67. The minimum absolute atomic E-state index is 0.181. The molecule has 4 rings (SSSR count). The summed E-state index contributed by atoms with van der Waals surface area (Å²) in [6.07, 6.45) is 2.08. The number of rotatable bonds is 4. The molecule has 2 aromatic rings. The second-order valence-electron chi connectivity index (χ2n) is 7.08. The average molecular weight is 359 g/mol. The summed E-state index contributed by atoms with van der Waals surface area (Å²) in [5.41, 5.74) is 0.995. The zero-order valence-electron chi connectivity index (χ0n) is 15.1. The van der Waals surface area contributed by atoms with Gasteiger partial charge in [0.2, 0.25) is 5.89 Å². The highest BCUT2D eigenvalue weighted by atomic mass is 16.5. The Labute approximate surface area is 153 Å². The molecule has 1 aromatic carbocycles. The van der Waals surface area contributed by atoms with Crippen molar-refractivity contribution < 1.29 is 18.6 Å². The molecule has 1 spiro atoms. The number of aromatic nitrogens is 2. The molecule has 0 unspecified atom stereocenters. The number of methoxy groups -OCH3 is 1. The summed E-state index contributed by atoms with van der Waals surface area (Å²) in [4.78, 5) is 2.36. The van der Waals surface area contributed by atoms with Gasteiger partial charge in [0.05, 0.1) is 32.4 Å². The first-order valence-electron chi connectivity index (χ1n) is 9.12. The van der Waals surface area contributed by atoms with E-state index >= 15 is 0 Å². The molecule has 0 N–H and O–H groups in total. The summed E-state index contributed by atoms with van der Waals surface area (Å²) in [7, 11) is 1.64. The fraction of sp³-hybridized carbons (Fsp3) is 0.579. The molecule has 0 radical (unpaired) electrons. The van der Waals surface area contributed by atoms with E-state index in [1.807, 2.05) is 24.3 Å². The smallest absolute Gasteiger partial charge is 0.251 e. The highest BCUT2D eigenvalue weighted by molar-refractivity contribution is 5.62. The van der Waals surface area contributed by atoms with Crippen LogP contribution in [0.3, 0.4) is 0 Å². The highest BCUT2D eigenvalue weighted by Gasteiger charge is 2.36. The predicted octanol–water partition coefficient (Wildman–Crippen LogP) is 2.37. The van der Waals surface area contributed by atoms with E-state index in [4.69, 9.17) is 18.6 Å². The summed E-state index contributed by atoms with van der Waals surface area (Å²) >= 11 is 0. The van der Waals surface area contributed by atoms with Crippen molar-refractivity contribution in [3.8, 4) is 17.2 Å². The second-order valence-corrected chi connectivity index (χ2v) is 7.08. The minimum Gasteiger partial charge on any atom is -0.496 e. The first-order chi connectivity index (χ1) is 12.8. The van der Waals surface area contributed by atoms with Crippen LogP contribution in [0.4, 0.5) is 0 Å². The Hall–Kier alpha value is -1.96. The minimum atomic E-state index is 0.181. The molecule has 7 nitrogen and oxygen atoms in total. The molecule has 2 fully saturated rings. The van der Waals surface area contributed by atoms with Crippen LogP contribution in [-0.2, 0) is 16.0 Å². The number of hydrogen-bond donors (Lipinski definition) is 0. The van der Waals surface area contributed by atoms with E-state index < -0.39 is 0 Å². The van der Waals surface area contributed by atoms with Crippen LogP contribution < -0.4 is 4.74 Å². The molecule has 26 heavy (non-hydrogen) atoms. The summed E-state index contributed by atoms with van der Waals surface area (Å²) in [5.74, 6) is 1.84. The SMILES string of the molecule is COc1ccccc1-c1nnc(CN2CCOCC3(CCOCC3)C2)o1. The molecule has 1 aromatic heterocycles. The van der Waals surface area contributed by atoms with Crippen molar-refractivity contribution >= 4 is 0 Å². The van der Waals surface area contributed by atoms with E-state index in [0.29, 0.717) is 18.3 Å². The van der Waals surface area contributed by atoms with Gasteiger partial charge in [-0.15, -0.1) is 10.2 Å². The van der Waals surface area contributed by atoms with Gasteiger partial charge in [0.1, 0.15) is 5.75 Å². The van der Waals surface area contributed by atoms with E-state index in [-0.39, 0.29) is 5.41 Å². The lowest BCUT2D eigenvalue weighted by Crippen LogP contribution is -2.42. The van der Waals surface area contributed by atoms with Crippen molar-refractivity contribution in [1.82, 2.24) is 15.1 Å². The van der Waals surface area contributed by atoms with Gasteiger partial charge in [-0.25, -0.2) is 0 Å². The Morgan fingerprint density at radius 1 is 1.12 bits per heavy atom. The van der Waals surface area contributed by atoms with Gasteiger partial charge < -0.3 is 18.6 Å². The normalized spacial score (nSPS) is 20.8. The molecule has 2 aliphatic rings. The van der Waals surface area contributed by atoms with Crippen LogP contribution in [0.25, 0.3) is 11.5 Å². The fourth-order valence-corrected chi connectivity index (χ4v) is 3.76. The van der Waals surface area contributed by atoms with E-state index in [2.05, 4.69) is 15.1 Å². The van der Waals surface area contributed by atoms with E-state index in [1.54, 1.807) is 7.11 Å². The second kappa shape index (κ2) is 7.73. The molecule has 2 aliphatic heterocycles. The van der Waals surface area contributed by atoms with E-state index in [9.17, 15) is 0 Å². The van der Waals surface area contributed by atoms with Crippen LogP contribution in [-0.4, -0.2) is 61.7 Å². The zero-order chi connectivity index (χ0) is 17.8. The van der Waals surface area contributed by atoms with Crippen molar-refractivity contribution in [2.24, 2.45) is 5.41 Å². The third kappa shape index (κ3) is 3.75. The zero-order valence-corrected chi connectivity index (χ0v) is 15.1. The lowest BCUT2D eigenvalue weighted by Gasteiger charge is -2.38. The Kier molecular flexibility index (Phi) is 5.19. The maximum Gasteiger partial charge on any atom is 0.251 e. The van der Waals surface area contributed by atoms with Crippen LogP contribution in [0.2, 0.25) is 0 Å². The molecule has 0 atom stereocenters. The molecular weight excluding hydrogens is 334 g/mol. The monoisotopic (exact) mass is 359 g/mol. The maximum absolute atomic E-state index is 5.92. The van der Waals surface area contributed by atoms with Gasteiger partial charge in [0, 0.05) is 31.7 Å². The quantitative estimate of drug-likeness (QED) is 0.830. The van der Waals surface area contributed by atoms with Gasteiger partial charge >= 0.3 is 0 Å². The number of para-hydroxylation sites is 1. The molecule has 0 bridgehead atoms. The third-order valence-electron chi connectivity index (χ3n) is 5.24. The number of ether oxygens (including phenoxy) is 3. The Balaban J connectivity index is 1.48. The van der Waals surface area contributed by atoms with Crippen LogP contribution in [0, 0.1) is 5.41 Å². The Morgan fingerprint density at radius 2 is 1.96 bits per heavy atom. The largest absolute Gasteiger partial charge is 0.496 e. The summed E-state index contributed by atoms with van der Waals surface area (Å²) in [6.45, 7) is 5.65. The molecule has 3 heterocycles. The van der Waals surface area contributed by atoms with Crippen molar-refractivity contribution in [3.63, 3.8) is 0 Å². The van der Waals surface area contributed by atoms with Gasteiger partial charge in [-0.2, -0.15) is 0 Å². The van der Waals surface area contributed by atoms with Gasteiger partial charge in [0.15, 0.2) is 0 Å². The first kappa shape index (κ1) is 17.5. The summed E-state index contributed by atoms with van der Waals surface area (Å²) < 4.78 is 22.7. The molecule has 140 valence electrons. The summed E-state index contributed by atoms with van der Waals surface area (Å²) in [5, 5.41) is 8.46. The average Bonchev–Trinajstić information content (AvgIpc) is 3.05. The van der Waals surface area contributed by atoms with Gasteiger partial charge in [-0.05, 0) is 25.0 Å². The molecule has 2 saturated heterocycles. The fourth-order valence-electron chi connectivity index (χ4n) is 3.76. The van der Waals surface area contributed by atoms with Gasteiger partial charge in [0.25, 0.3) is 5.89 Å². The van der Waals surface area contributed by atoms with Gasteiger partial charge in [-0.3, -0.25) is 4.90 Å². The first-order valence-corrected chi connectivity index (χ1v) is 9.12. The molecule has 0 saturated carbocycles. The van der Waals surface area contributed by atoms with Gasteiger partial charge in [-0.1, -0.05) is 12.1 Å². The number of hydrogen-bond acceptors (Lipinski definition) is 7. The maximum atomic E-state index is 5.92. The van der Waals surface area contributed by atoms with E-state index in [1.165, 1.54) is 0 Å². The third-order valence-corrected chi connectivity index (χ3v) is 5.24. The highest BCUT2D eigenvalue weighted by Crippen LogP contribution is 2.34. The molecular formula is C19H25N3O4. The standard InChI is InChI=1S/C19H25N3O4/c1-23-16-5-3-2-4-15(16)18-21-20-17(26-18)12-22-8-11-25-14-19(13-22)6-9-24-10-7-19/h2-5H,6-14H2,1H3. The van der Waals surface area contributed by atoms with Crippen LogP contribution in [0.15, 0.2) is 28.7 Å². The molecule has 0 amide bonds. The Bertz CT molecular complexity index is 727. The molecule has 7 heteroatoms. The van der Waals surface area contributed by atoms with E-state index in [0.717, 1.165) is 63.7 Å². The van der Waals surface area contributed by atoms with Crippen molar-refractivity contribution in [2.75, 3.05) is 46.6 Å². The van der Waals surface area contributed by atoms with Crippen LogP contribution in [0.5, 0.6) is 5.75 Å². The molecule has 0 aliphatic carbocycles. The van der Waals surface area contributed by atoms with Crippen LogP contribution >= 0.6 is 0 Å². The van der Waals surface area contributed by atoms with Crippen molar-refractivity contribution in [1.29, 1.82) is 0 Å². The van der Waals surface area contributed by atoms with Crippen molar-refractivity contribution in [2.45, 2.75) is 19.4 Å². The topological polar surface area (TPSA) is 69.9 Å². The van der Waals surface area contributed by atoms with Crippen molar-refractivity contribution in [3.05, 3.63) is 30.2 Å². The number of nitrogens with zero attached hydrogens (tertiary/aromatic N) is 3.